The average molecular weight is 613 g/mol. The van der Waals surface area contributed by atoms with Crippen LogP contribution in [0.25, 0.3) is 93.8 Å². The molecule has 3 nitrogen and oxygen atoms in total. The molecular weight excluding hydrogens is 585 g/mol. The molecule has 0 fully saturated rings. The smallest absolute Gasteiger partial charge is 0.145 e. The summed E-state index contributed by atoms with van der Waals surface area (Å²) in [5.74, 6) is 0.926. The molecule has 0 unspecified atom stereocenters. The lowest BCUT2D eigenvalue weighted by atomic mass is 9.85. The fourth-order valence-corrected chi connectivity index (χ4v) is 7.54. The molecule has 8 aromatic carbocycles. The summed E-state index contributed by atoms with van der Waals surface area (Å²) in [5, 5.41) is 7.11. The summed E-state index contributed by atoms with van der Waals surface area (Å²) in [7, 11) is 0. The first-order valence-electron chi connectivity index (χ1n) is 16.3. The highest BCUT2D eigenvalue weighted by Gasteiger charge is 2.22. The van der Waals surface area contributed by atoms with Crippen LogP contribution in [0.4, 0.5) is 0 Å². The van der Waals surface area contributed by atoms with Crippen molar-refractivity contribution >= 4 is 54.5 Å². The normalized spacial score (nSPS) is 11.8. The Bertz CT molecular complexity index is 2780. The number of fused-ring (bicyclic) bond motifs is 6. The van der Waals surface area contributed by atoms with Gasteiger partial charge >= 0.3 is 0 Å². The van der Waals surface area contributed by atoms with Gasteiger partial charge in [-0.05, 0) is 74.6 Å². The molecule has 0 saturated heterocycles. The number of benzene rings is 8. The minimum absolute atomic E-state index is 0.904. The summed E-state index contributed by atoms with van der Waals surface area (Å²) >= 11 is 0. The van der Waals surface area contributed by atoms with Gasteiger partial charge in [-0.1, -0.05) is 133 Å². The third-order valence-electron chi connectivity index (χ3n) is 9.60. The van der Waals surface area contributed by atoms with Crippen LogP contribution in [0.3, 0.4) is 0 Å². The van der Waals surface area contributed by atoms with Gasteiger partial charge in [-0.25, -0.2) is 4.98 Å². The maximum Gasteiger partial charge on any atom is 0.145 e. The van der Waals surface area contributed by atoms with Crippen molar-refractivity contribution in [3.63, 3.8) is 0 Å². The molecule has 0 atom stereocenters. The predicted octanol–water partition coefficient (Wildman–Crippen LogP) is 12.2. The zero-order valence-corrected chi connectivity index (χ0v) is 26.0. The maximum absolute atomic E-state index is 6.21. The summed E-state index contributed by atoms with van der Waals surface area (Å²) in [6, 6.07) is 60.3. The van der Waals surface area contributed by atoms with E-state index in [1.165, 1.54) is 38.2 Å². The van der Waals surface area contributed by atoms with Gasteiger partial charge in [-0.3, -0.25) is 4.57 Å². The summed E-state index contributed by atoms with van der Waals surface area (Å²) in [4.78, 5) is 5.17. The number of hydrogen-bond acceptors (Lipinski definition) is 2. The van der Waals surface area contributed by atoms with Crippen LogP contribution in [0.2, 0.25) is 0 Å². The monoisotopic (exact) mass is 612 g/mol. The zero-order valence-electron chi connectivity index (χ0n) is 26.0. The van der Waals surface area contributed by atoms with E-state index in [1.54, 1.807) is 0 Å². The second kappa shape index (κ2) is 10.5. The van der Waals surface area contributed by atoms with E-state index in [1.807, 2.05) is 12.1 Å². The quantitative estimate of drug-likeness (QED) is 0.185. The third kappa shape index (κ3) is 3.98. The van der Waals surface area contributed by atoms with Gasteiger partial charge in [0.15, 0.2) is 0 Å². The van der Waals surface area contributed by atoms with Gasteiger partial charge in [0.1, 0.15) is 17.0 Å². The van der Waals surface area contributed by atoms with E-state index >= 15 is 0 Å². The summed E-state index contributed by atoms with van der Waals surface area (Å²) in [5.41, 5.74) is 10.8. The van der Waals surface area contributed by atoms with Crippen LogP contribution < -0.4 is 0 Å². The zero-order chi connectivity index (χ0) is 31.6. The highest BCUT2D eigenvalue weighted by atomic mass is 16.3. The van der Waals surface area contributed by atoms with E-state index in [-0.39, 0.29) is 0 Å². The van der Waals surface area contributed by atoms with Crippen LogP contribution in [0.1, 0.15) is 0 Å². The van der Waals surface area contributed by atoms with Crippen LogP contribution in [-0.4, -0.2) is 9.55 Å². The molecule has 0 amide bonds. The van der Waals surface area contributed by atoms with E-state index in [9.17, 15) is 0 Å². The largest absolute Gasteiger partial charge is 0.456 e. The molecule has 2 aromatic heterocycles. The molecule has 0 radical (unpaired) electrons. The molecule has 0 aliphatic carbocycles. The van der Waals surface area contributed by atoms with Gasteiger partial charge in [-0.2, -0.15) is 0 Å². The average Bonchev–Trinajstić information content (AvgIpc) is 3.73. The number of rotatable bonds is 4. The van der Waals surface area contributed by atoms with Crippen molar-refractivity contribution in [3.8, 4) is 39.3 Å². The molecule has 0 saturated carbocycles. The molecule has 0 bridgehead atoms. The Balaban J connectivity index is 1.29. The molecule has 0 spiro atoms. The molecule has 224 valence electrons. The van der Waals surface area contributed by atoms with Crippen molar-refractivity contribution in [3.05, 3.63) is 170 Å². The van der Waals surface area contributed by atoms with Crippen molar-refractivity contribution in [1.82, 2.24) is 9.55 Å². The number of para-hydroxylation sites is 4. The van der Waals surface area contributed by atoms with Crippen molar-refractivity contribution in [2.24, 2.45) is 0 Å². The number of hydrogen-bond donors (Lipinski definition) is 0. The fraction of sp³-hybridized carbons (Fsp3) is 0. The Kier molecular flexibility index (Phi) is 5.87. The van der Waals surface area contributed by atoms with E-state index in [0.29, 0.717) is 0 Å². The van der Waals surface area contributed by atoms with Gasteiger partial charge < -0.3 is 4.42 Å². The minimum Gasteiger partial charge on any atom is -0.456 e. The molecular formula is C45H28N2O. The lowest BCUT2D eigenvalue weighted by molar-refractivity contribution is 0.669. The molecule has 48 heavy (non-hydrogen) atoms. The van der Waals surface area contributed by atoms with E-state index < -0.39 is 0 Å². The van der Waals surface area contributed by atoms with Crippen LogP contribution in [0.15, 0.2) is 174 Å². The van der Waals surface area contributed by atoms with Gasteiger partial charge in [0.2, 0.25) is 0 Å². The van der Waals surface area contributed by atoms with Gasteiger partial charge in [0, 0.05) is 21.9 Å². The number of nitrogens with zero attached hydrogens (tertiary/aromatic N) is 2. The lowest BCUT2D eigenvalue weighted by Crippen LogP contribution is -2.01. The topological polar surface area (TPSA) is 31.0 Å². The van der Waals surface area contributed by atoms with E-state index in [0.717, 1.165) is 55.6 Å². The number of aromatic nitrogens is 2. The van der Waals surface area contributed by atoms with Crippen molar-refractivity contribution in [1.29, 1.82) is 0 Å². The Hall–Kier alpha value is -6.45. The fourth-order valence-electron chi connectivity index (χ4n) is 7.54. The van der Waals surface area contributed by atoms with E-state index in [4.69, 9.17) is 9.40 Å². The van der Waals surface area contributed by atoms with Crippen LogP contribution in [0, 0.1) is 0 Å². The van der Waals surface area contributed by atoms with Crippen LogP contribution in [-0.2, 0) is 0 Å². The second-order valence-electron chi connectivity index (χ2n) is 12.3. The minimum atomic E-state index is 0.904. The molecule has 2 heterocycles. The molecule has 10 aromatic rings. The number of furan rings is 1. The lowest BCUT2D eigenvalue weighted by Gasteiger charge is -2.20. The first kappa shape index (κ1) is 26.7. The molecule has 0 aliphatic heterocycles. The van der Waals surface area contributed by atoms with Crippen molar-refractivity contribution in [2.75, 3.05) is 0 Å². The second-order valence-corrected chi connectivity index (χ2v) is 12.3. The third-order valence-corrected chi connectivity index (χ3v) is 9.60. The highest BCUT2D eigenvalue weighted by molar-refractivity contribution is 6.22. The Morgan fingerprint density at radius 1 is 0.417 bits per heavy atom. The van der Waals surface area contributed by atoms with Crippen molar-refractivity contribution < 1.29 is 4.42 Å². The molecule has 3 heteroatoms. The van der Waals surface area contributed by atoms with Crippen LogP contribution in [0.5, 0.6) is 0 Å². The van der Waals surface area contributed by atoms with Gasteiger partial charge in [0.25, 0.3) is 0 Å². The van der Waals surface area contributed by atoms with Crippen molar-refractivity contribution in [2.45, 2.75) is 0 Å². The first-order chi connectivity index (χ1) is 23.8. The maximum atomic E-state index is 6.21. The summed E-state index contributed by atoms with van der Waals surface area (Å²) in [6.45, 7) is 0. The SMILES string of the molecule is c1ccc(-c2nc3ccccc3n2-c2ccccc2-c2c3ccccc3c(-c3ccc4oc5ccccc5c4c3)c3ccccc23)cc1. The molecule has 10 rings (SSSR count). The Morgan fingerprint density at radius 3 is 1.77 bits per heavy atom. The Morgan fingerprint density at radius 2 is 1.00 bits per heavy atom. The standard InChI is InChI=1S/C45H28N2O/c1-2-14-29(15-3-1)45-46-38-22-10-12-24-40(38)47(45)39-23-11-8-21-36(39)44-34-19-6-4-17-32(34)43(33-18-5-7-20-35(33)44)30-26-27-42-37(28-30)31-16-9-13-25-41(31)48-42/h1-28H. The van der Waals surface area contributed by atoms with Crippen LogP contribution >= 0.6 is 0 Å². The predicted molar refractivity (Wildman–Crippen MR) is 200 cm³/mol. The summed E-state index contributed by atoms with van der Waals surface area (Å²) < 4.78 is 8.54. The highest BCUT2D eigenvalue weighted by Crippen LogP contribution is 2.46. The van der Waals surface area contributed by atoms with Gasteiger partial charge in [0.05, 0.1) is 16.7 Å². The van der Waals surface area contributed by atoms with E-state index in [2.05, 4.69) is 162 Å². The Labute approximate surface area is 277 Å². The first-order valence-corrected chi connectivity index (χ1v) is 16.3. The molecule has 0 aliphatic rings. The summed E-state index contributed by atoms with van der Waals surface area (Å²) in [6.07, 6.45) is 0. The number of imidazole rings is 1. The van der Waals surface area contributed by atoms with Gasteiger partial charge in [-0.15, -0.1) is 0 Å². The molecule has 0 N–H and O–H groups in total.